The zero-order valence-electron chi connectivity index (χ0n) is 16.0. The van der Waals surface area contributed by atoms with E-state index in [2.05, 4.69) is 22.4 Å². The van der Waals surface area contributed by atoms with Crippen LogP contribution in [0.25, 0.3) is 22.5 Å². The smallest absolute Gasteiger partial charge is 0.264 e. The van der Waals surface area contributed by atoms with Crippen LogP contribution in [0.4, 0.5) is 5.69 Å². The highest BCUT2D eigenvalue weighted by Gasteiger charge is 2.18. The highest BCUT2D eigenvalue weighted by Crippen LogP contribution is 2.28. The maximum absolute atomic E-state index is 12.7. The molecule has 0 saturated heterocycles. The molecule has 1 N–H and O–H groups in total. The molecule has 2 aromatic heterocycles. The molecule has 0 bridgehead atoms. The predicted molar refractivity (Wildman–Crippen MR) is 109 cm³/mol. The van der Waals surface area contributed by atoms with E-state index in [9.17, 15) is 4.79 Å². The number of benzene rings is 2. The van der Waals surface area contributed by atoms with E-state index in [0.29, 0.717) is 11.8 Å². The van der Waals surface area contributed by atoms with Crippen LogP contribution in [0, 0.1) is 6.92 Å². The van der Waals surface area contributed by atoms with Crippen molar-refractivity contribution >= 4 is 22.5 Å². The van der Waals surface area contributed by atoms with Crippen molar-refractivity contribution in [3.05, 3.63) is 66.1 Å². The number of aromatic nitrogens is 3. The molecule has 0 spiro atoms. The normalized spacial score (nSPS) is 11.1. The maximum atomic E-state index is 12.7. The Balaban J connectivity index is 1.67. The van der Waals surface area contributed by atoms with Gasteiger partial charge in [0.25, 0.3) is 5.89 Å². The Kier molecular flexibility index (Phi) is 4.93. The van der Waals surface area contributed by atoms with Crippen molar-refractivity contribution in [2.24, 2.45) is 0 Å². The van der Waals surface area contributed by atoms with Gasteiger partial charge < -0.3 is 14.3 Å². The average molecular weight is 374 g/mol. The largest absolute Gasteiger partial charge is 0.419 e. The topological polar surface area (TPSA) is 73.0 Å². The average Bonchev–Trinajstić information content (AvgIpc) is 3.27. The fourth-order valence-corrected chi connectivity index (χ4v) is 3.30. The number of hydrogen-bond acceptors (Lipinski definition) is 4. The summed E-state index contributed by atoms with van der Waals surface area (Å²) in [6.07, 6.45) is 1.67. The number of hydrogen-bond donors (Lipinski definition) is 1. The number of anilines is 1. The fourth-order valence-electron chi connectivity index (χ4n) is 3.30. The van der Waals surface area contributed by atoms with Crippen LogP contribution >= 0.6 is 0 Å². The Morgan fingerprint density at radius 1 is 1.11 bits per heavy atom. The van der Waals surface area contributed by atoms with E-state index in [-0.39, 0.29) is 12.5 Å². The van der Waals surface area contributed by atoms with Gasteiger partial charge in [-0.1, -0.05) is 37.3 Å². The lowest BCUT2D eigenvalue weighted by Gasteiger charge is -2.10. The molecule has 4 rings (SSSR count). The predicted octanol–water partition coefficient (Wildman–Crippen LogP) is 4.59. The second kappa shape index (κ2) is 7.68. The number of rotatable bonds is 6. The van der Waals surface area contributed by atoms with Gasteiger partial charge in [0.2, 0.25) is 11.8 Å². The van der Waals surface area contributed by atoms with Crippen molar-refractivity contribution in [1.82, 2.24) is 14.8 Å². The highest BCUT2D eigenvalue weighted by atomic mass is 16.4. The summed E-state index contributed by atoms with van der Waals surface area (Å²) >= 11 is 0. The van der Waals surface area contributed by atoms with E-state index in [1.165, 1.54) is 0 Å². The molecule has 1 amide bonds. The summed E-state index contributed by atoms with van der Waals surface area (Å²) in [5.74, 6) is 0.933. The monoisotopic (exact) mass is 374 g/mol. The second-order valence-electron chi connectivity index (χ2n) is 6.84. The molecule has 0 saturated carbocycles. The number of aryl methyl sites for hydroxylation is 2. The summed E-state index contributed by atoms with van der Waals surface area (Å²) in [5.41, 5.74) is 3.58. The molecule has 4 aromatic rings. The molecule has 0 fully saturated rings. The van der Waals surface area contributed by atoms with Crippen LogP contribution in [0.1, 0.15) is 24.8 Å². The third-order valence-corrected chi connectivity index (χ3v) is 4.56. The van der Waals surface area contributed by atoms with E-state index in [1.807, 2.05) is 66.1 Å². The van der Waals surface area contributed by atoms with Crippen LogP contribution in [0.15, 0.2) is 59.0 Å². The van der Waals surface area contributed by atoms with Crippen molar-refractivity contribution in [1.29, 1.82) is 0 Å². The Bertz CT molecular complexity index is 1130. The van der Waals surface area contributed by atoms with Gasteiger partial charge in [0.15, 0.2) is 0 Å². The lowest BCUT2D eigenvalue weighted by Crippen LogP contribution is -2.19. The van der Waals surface area contributed by atoms with Crippen molar-refractivity contribution < 1.29 is 9.21 Å². The Labute approximate surface area is 163 Å². The van der Waals surface area contributed by atoms with Crippen LogP contribution in [-0.4, -0.2) is 20.7 Å². The molecule has 0 atom stereocenters. The van der Waals surface area contributed by atoms with Gasteiger partial charge in [-0.3, -0.25) is 4.79 Å². The summed E-state index contributed by atoms with van der Waals surface area (Å²) in [5, 5.41) is 12.3. The molecule has 0 radical (unpaired) electrons. The zero-order valence-corrected chi connectivity index (χ0v) is 16.0. The molecule has 0 aliphatic carbocycles. The van der Waals surface area contributed by atoms with Crippen LogP contribution in [0.2, 0.25) is 0 Å². The number of para-hydroxylation sites is 1. The first-order chi connectivity index (χ1) is 13.6. The fraction of sp³-hybridized carbons (Fsp3) is 0.227. The van der Waals surface area contributed by atoms with Gasteiger partial charge >= 0.3 is 0 Å². The standard InChI is InChI=1S/C22H22N4O2/c1-3-7-21-24-25-22(28-21)19-13-16-9-4-5-11-18(16)26(19)14-20(27)23-17-10-6-8-15(2)12-17/h4-6,8-13H,3,7,14H2,1-2H3,(H,23,27). The van der Waals surface area contributed by atoms with Gasteiger partial charge in [0, 0.05) is 23.0 Å². The van der Waals surface area contributed by atoms with E-state index < -0.39 is 0 Å². The number of nitrogens with one attached hydrogen (secondary N) is 1. The molecule has 28 heavy (non-hydrogen) atoms. The first-order valence-corrected chi connectivity index (χ1v) is 9.41. The van der Waals surface area contributed by atoms with Crippen molar-refractivity contribution in [3.8, 4) is 11.6 Å². The van der Waals surface area contributed by atoms with Crippen molar-refractivity contribution in [2.75, 3.05) is 5.32 Å². The lowest BCUT2D eigenvalue weighted by molar-refractivity contribution is -0.116. The maximum Gasteiger partial charge on any atom is 0.264 e. The summed E-state index contributed by atoms with van der Waals surface area (Å²) in [7, 11) is 0. The first kappa shape index (κ1) is 18.0. The number of carbonyl (C=O) groups excluding carboxylic acids is 1. The minimum atomic E-state index is -0.110. The van der Waals surface area contributed by atoms with E-state index >= 15 is 0 Å². The molecule has 0 aliphatic heterocycles. The van der Waals surface area contributed by atoms with E-state index in [4.69, 9.17) is 4.42 Å². The molecular weight excluding hydrogens is 352 g/mol. The second-order valence-corrected chi connectivity index (χ2v) is 6.84. The molecule has 2 heterocycles. The molecule has 6 nitrogen and oxygen atoms in total. The number of amides is 1. The minimum absolute atomic E-state index is 0.110. The Hall–Kier alpha value is -3.41. The van der Waals surface area contributed by atoms with Gasteiger partial charge in [0.05, 0.1) is 0 Å². The highest BCUT2D eigenvalue weighted by molar-refractivity contribution is 5.93. The summed E-state index contributed by atoms with van der Waals surface area (Å²) < 4.78 is 7.74. The molecule has 142 valence electrons. The number of fused-ring (bicyclic) bond motifs is 1. The summed E-state index contributed by atoms with van der Waals surface area (Å²) in [6.45, 7) is 4.22. The van der Waals surface area contributed by atoms with Gasteiger partial charge in [-0.25, -0.2) is 0 Å². The van der Waals surface area contributed by atoms with E-state index in [0.717, 1.165) is 40.7 Å². The van der Waals surface area contributed by atoms with Crippen LogP contribution < -0.4 is 5.32 Å². The van der Waals surface area contributed by atoms with Crippen LogP contribution in [0.5, 0.6) is 0 Å². The lowest BCUT2D eigenvalue weighted by atomic mass is 10.2. The van der Waals surface area contributed by atoms with Crippen LogP contribution in [0.3, 0.4) is 0 Å². The summed E-state index contributed by atoms with van der Waals surface area (Å²) in [6, 6.07) is 17.7. The zero-order chi connectivity index (χ0) is 19.5. The molecule has 6 heteroatoms. The minimum Gasteiger partial charge on any atom is -0.419 e. The molecule has 0 unspecified atom stereocenters. The number of carbonyl (C=O) groups is 1. The molecular formula is C22H22N4O2. The van der Waals surface area contributed by atoms with Gasteiger partial charge in [-0.05, 0) is 43.2 Å². The SMILES string of the molecule is CCCc1nnc(-c2cc3ccccc3n2CC(=O)Nc2cccc(C)c2)o1. The van der Waals surface area contributed by atoms with Gasteiger partial charge in [-0.2, -0.15) is 0 Å². The van der Waals surface area contributed by atoms with Crippen molar-refractivity contribution in [2.45, 2.75) is 33.2 Å². The Morgan fingerprint density at radius 2 is 1.96 bits per heavy atom. The first-order valence-electron chi connectivity index (χ1n) is 9.41. The number of nitrogens with zero attached hydrogens (tertiary/aromatic N) is 3. The van der Waals surface area contributed by atoms with Gasteiger partial charge in [-0.15, -0.1) is 10.2 Å². The van der Waals surface area contributed by atoms with E-state index in [1.54, 1.807) is 0 Å². The molecule has 2 aromatic carbocycles. The molecule has 0 aliphatic rings. The summed E-state index contributed by atoms with van der Waals surface area (Å²) in [4.78, 5) is 12.7. The van der Waals surface area contributed by atoms with Crippen molar-refractivity contribution in [3.63, 3.8) is 0 Å². The van der Waals surface area contributed by atoms with Gasteiger partial charge in [0.1, 0.15) is 12.2 Å². The third kappa shape index (κ3) is 3.67. The van der Waals surface area contributed by atoms with Crippen LogP contribution in [-0.2, 0) is 17.8 Å². The Morgan fingerprint density at radius 3 is 2.79 bits per heavy atom. The quantitative estimate of drug-likeness (QED) is 0.536. The third-order valence-electron chi connectivity index (χ3n) is 4.56.